The molecule has 0 spiro atoms. The number of rotatable bonds is 12. The van der Waals surface area contributed by atoms with Crippen LogP contribution in [0.2, 0.25) is 0 Å². The van der Waals surface area contributed by atoms with Gasteiger partial charge < -0.3 is 14.6 Å². The Labute approximate surface area is 218 Å². The van der Waals surface area contributed by atoms with Crippen LogP contribution in [0, 0.1) is 5.92 Å². The van der Waals surface area contributed by atoms with Crippen LogP contribution in [0.1, 0.15) is 45.3 Å². The highest BCUT2D eigenvalue weighted by Gasteiger charge is 2.26. The van der Waals surface area contributed by atoms with Crippen LogP contribution < -0.4 is 5.32 Å². The third kappa shape index (κ3) is 6.76. The molecule has 0 aliphatic rings. The van der Waals surface area contributed by atoms with E-state index in [9.17, 15) is 9.59 Å². The largest absolute Gasteiger partial charge is 0.467 e. The molecule has 2 aromatic carbocycles. The highest BCUT2D eigenvalue weighted by atomic mass is 16.3. The second-order valence-electron chi connectivity index (χ2n) is 9.10. The van der Waals surface area contributed by atoms with E-state index in [1.54, 1.807) is 21.9 Å². The Hall–Kier alpha value is -4.13. The fourth-order valence-electron chi connectivity index (χ4n) is 4.36. The lowest BCUT2D eigenvalue weighted by Gasteiger charge is -2.26. The number of carbonyl (C=O) groups is 2. The molecule has 1 N–H and O–H groups in total. The van der Waals surface area contributed by atoms with Crippen molar-refractivity contribution in [3.63, 3.8) is 0 Å². The van der Waals surface area contributed by atoms with Crippen molar-refractivity contribution in [1.29, 1.82) is 0 Å². The predicted octanol–water partition coefficient (Wildman–Crippen LogP) is 6.32. The van der Waals surface area contributed by atoms with Gasteiger partial charge >= 0.3 is 0 Å². The maximum Gasteiger partial charge on any atom is 0.245 e. The van der Waals surface area contributed by atoms with E-state index >= 15 is 0 Å². The van der Waals surface area contributed by atoms with Gasteiger partial charge in [0.15, 0.2) is 0 Å². The topological polar surface area (TPSA) is 80.4 Å². The van der Waals surface area contributed by atoms with Crippen molar-refractivity contribution in [3.8, 4) is 16.9 Å². The molecule has 2 aromatic heterocycles. The number of hydrogen-bond donors (Lipinski definition) is 1. The van der Waals surface area contributed by atoms with Crippen LogP contribution >= 0.6 is 0 Å². The van der Waals surface area contributed by atoms with E-state index < -0.39 is 0 Å². The summed E-state index contributed by atoms with van der Waals surface area (Å²) in [6.45, 7) is 4.30. The third-order valence-corrected chi connectivity index (χ3v) is 6.37. The lowest BCUT2D eigenvalue weighted by atomic mass is 9.97. The maximum absolute atomic E-state index is 13.5. The monoisotopic (exact) mass is 498 g/mol. The van der Waals surface area contributed by atoms with Crippen LogP contribution in [0.25, 0.3) is 16.9 Å². The summed E-state index contributed by atoms with van der Waals surface area (Å²) in [5.74, 6) is 0.749. The van der Waals surface area contributed by atoms with Gasteiger partial charge in [0, 0.05) is 17.5 Å². The minimum Gasteiger partial charge on any atom is -0.467 e. The van der Waals surface area contributed by atoms with Crippen molar-refractivity contribution in [2.75, 3.05) is 11.9 Å². The molecule has 37 heavy (non-hydrogen) atoms. The highest BCUT2D eigenvalue weighted by molar-refractivity contribution is 5.95. The highest BCUT2D eigenvalue weighted by Crippen LogP contribution is 2.25. The molecule has 1 atom stereocenters. The summed E-state index contributed by atoms with van der Waals surface area (Å²) in [6, 6.07) is 24.9. The van der Waals surface area contributed by atoms with E-state index in [0.717, 1.165) is 42.6 Å². The minimum absolute atomic E-state index is 0.0240. The van der Waals surface area contributed by atoms with Crippen LogP contribution in [0.4, 0.5) is 5.82 Å². The molecule has 0 fully saturated rings. The van der Waals surface area contributed by atoms with Crippen molar-refractivity contribution < 1.29 is 14.0 Å². The van der Waals surface area contributed by atoms with Gasteiger partial charge in [-0.1, -0.05) is 75.2 Å². The first-order valence-corrected chi connectivity index (χ1v) is 12.9. The van der Waals surface area contributed by atoms with E-state index in [4.69, 9.17) is 9.52 Å². The molecule has 0 aliphatic heterocycles. The molecule has 2 amide bonds. The van der Waals surface area contributed by atoms with E-state index in [1.165, 1.54) is 0 Å². The summed E-state index contributed by atoms with van der Waals surface area (Å²) in [6.07, 6.45) is 5.12. The first-order valence-electron chi connectivity index (χ1n) is 12.9. The Kier molecular flexibility index (Phi) is 8.92. The van der Waals surface area contributed by atoms with Gasteiger partial charge in [-0.2, -0.15) is 5.10 Å². The number of carbonyl (C=O) groups excluding carboxylic acids is 2. The Morgan fingerprint density at radius 3 is 2.38 bits per heavy atom. The normalized spacial score (nSPS) is 11.7. The molecule has 0 aliphatic carbocycles. The molecule has 2 heterocycles. The number of anilines is 1. The maximum atomic E-state index is 13.5. The van der Waals surface area contributed by atoms with E-state index in [0.29, 0.717) is 11.6 Å². The summed E-state index contributed by atoms with van der Waals surface area (Å²) in [5.41, 5.74) is 2.52. The van der Waals surface area contributed by atoms with Crippen molar-refractivity contribution in [1.82, 2.24) is 14.7 Å². The molecule has 0 bridgehead atoms. The number of amides is 2. The molecule has 4 rings (SSSR count). The standard InChI is InChI=1S/C30H34N4O3/c1-3-5-13-23(4-2)30(36)33(21-26-18-12-19-37-26)22-29(35)31-28-20-27(24-14-8-6-9-15-24)32-34(28)25-16-10-7-11-17-25/h6-12,14-20,23H,3-5,13,21-22H2,1-2H3,(H,31,35)/t23-/m0/s1. The van der Waals surface area contributed by atoms with Gasteiger partial charge in [0.25, 0.3) is 0 Å². The van der Waals surface area contributed by atoms with Crippen LogP contribution in [0.3, 0.4) is 0 Å². The molecule has 0 unspecified atom stereocenters. The number of para-hydroxylation sites is 1. The average Bonchev–Trinajstić information content (AvgIpc) is 3.60. The summed E-state index contributed by atoms with van der Waals surface area (Å²) >= 11 is 0. The van der Waals surface area contributed by atoms with Crippen LogP contribution in [-0.2, 0) is 16.1 Å². The van der Waals surface area contributed by atoms with E-state index in [-0.39, 0.29) is 30.8 Å². The predicted molar refractivity (Wildman–Crippen MR) is 145 cm³/mol. The van der Waals surface area contributed by atoms with Crippen LogP contribution in [-0.4, -0.2) is 33.0 Å². The zero-order valence-electron chi connectivity index (χ0n) is 21.5. The van der Waals surface area contributed by atoms with Gasteiger partial charge in [-0.05, 0) is 37.1 Å². The van der Waals surface area contributed by atoms with Gasteiger partial charge in [0.1, 0.15) is 18.1 Å². The van der Waals surface area contributed by atoms with Crippen molar-refractivity contribution >= 4 is 17.6 Å². The molecular weight excluding hydrogens is 464 g/mol. The summed E-state index contributed by atoms with van der Waals surface area (Å²) in [4.78, 5) is 28.4. The lowest BCUT2D eigenvalue weighted by Crippen LogP contribution is -2.41. The van der Waals surface area contributed by atoms with Gasteiger partial charge in [-0.25, -0.2) is 4.68 Å². The van der Waals surface area contributed by atoms with Crippen molar-refractivity contribution in [2.45, 2.75) is 46.1 Å². The number of nitrogens with one attached hydrogen (secondary N) is 1. The third-order valence-electron chi connectivity index (χ3n) is 6.37. The first kappa shape index (κ1) is 25.9. The zero-order chi connectivity index (χ0) is 26.0. The molecule has 0 saturated carbocycles. The SMILES string of the molecule is CCCC[C@H](CC)C(=O)N(CC(=O)Nc1cc(-c2ccccc2)nn1-c1ccccc1)Cc1ccco1. The number of nitrogens with zero attached hydrogens (tertiary/aromatic N) is 3. The molecule has 0 radical (unpaired) electrons. The Morgan fingerprint density at radius 1 is 1.00 bits per heavy atom. The molecular formula is C30H34N4O3. The smallest absolute Gasteiger partial charge is 0.245 e. The number of furan rings is 1. The summed E-state index contributed by atoms with van der Waals surface area (Å²) < 4.78 is 7.22. The quantitative estimate of drug-likeness (QED) is 0.248. The fraction of sp³-hybridized carbons (Fsp3) is 0.300. The van der Waals surface area contributed by atoms with Gasteiger partial charge in [-0.3, -0.25) is 9.59 Å². The van der Waals surface area contributed by atoms with E-state index in [2.05, 4.69) is 12.2 Å². The lowest BCUT2D eigenvalue weighted by molar-refractivity contribution is -0.139. The van der Waals surface area contributed by atoms with Gasteiger partial charge in [-0.15, -0.1) is 0 Å². The molecule has 4 aromatic rings. The Bertz CT molecular complexity index is 1270. The zero-order valence-corrected chi connectivity index (χ0v) is 21.5. The second kappa shape index (κ2) is 12.7. The van der Waals surface area contributed by atoms with Gasteiger partial charge in [0.05, 0.1) is 24.2 Å². The van der Waals surface area contributed by atoms with Crippen LogP contribution in [0.5, 0.6) is 0 Å². The molecule has 0 saturated heterocycles. The number of benzene rings is 2. The first-order chi connectivity index (χ1) is 18.1. The Morgan fingerprint density at radius 2 is 1.73 bits per heavy atom. The average molecular weight is 499 g/mol. The molecule has 7 nitrogen and oxygen atoms in total. The molecule has 192 valence electrons. The van der Waals surface area contributed by atoms with Gasteiger partial charge in [0.2, 0.25) is 11.8 Å². The number of unbranched alkanes of at least 4 members (excludes halogenated alkanes) is 1. The summed E-state index contributed by atoms with van der Waals surface area (Å²) in [5, 5.41) is 7.76. The molecule has 7 heteroatoms. The van der Waals surface area contributed by atoms with E-state index in [1.807, 2.05) is 79.7 Å². The second-order valence-corrected chi connectivity index (χ2v) is 9.10. The minimum atomic E-state index is -0.290. The van der Waals surface area contributed by atoms with Crippen molar-refractivity contribution in [3.05, 3.63) is 90.9 Å². The number of hydrogen-bond acceptors (Lipinski definition) is 4. The summed E-state index contributed by atoms with van der Waals surface area (Å²) in [7, 11) is 0. The Balaban J connectivity index is 1.58. The number of aromatic nitrogens is 2. The fourth-order valence-corrected chi connectivity index (χ4v) is 4.36. The van der Waals surface area contributed by atoms with Crippen molar-refractivity contribution in [2.24, 2.45) is 5.92 Å². The van der Waals surface area contributed by atoms with Crippen LogP contribution in [0.15, 0.2) is 89.5 Å².